The van der Waals surface area contributed by atoms with Gasteiger partial charge in [-0.25, -0.2) is 0 Å². The molecular formula is C49H39N3. The Hall–Kier alpha value is -6.45. The topological polar surface area (TPSA) is 38.7 Å². The molecule has 0 unspecified atom stereocenters. The van der Waals surface area contributed by atoms with Gasteiger partial charge in [0.15, 0.2) is 0 Å². The van der Waals surface area contributed by atoms with Gasteiger partial charge >= 0.3 is 0 Å². The summed E-state index contributed by atoms with van der Waals surface area (Å²) in [5.41, 5.74) is 16.4. The highest BCUT2D eigenvalue weighted by Crippen LogP contribution is 2.35. The van der Waals surface area contributed by atoms with Crippen LogP contribution in [0, 0.1) is 0 Å². The molecule has 0 aliphatic carbocycles. The van der Waals surface area contributed by atoms with Crippen LogP contribution in [0.3, 0.4) is 0 Å². The molecule has 3 nitrogen and oxygen atoms in total. The Morgan fingerprint density at radius 2 is 0.731 bits per heavy atom. The predicted molar refractivity (Wildman–Crippen MR) is 215 cm³/mol. The van der Waals surface area contributed by atoms with Crippen molar-refractivity contribution in [3.63, 3.8) is 0 Å². The third-order valence-electron chi connectivity index (χ3n) is 9.64. The minimum absolute atomic E-state index is 0.923. The molecule has 0 fully saturated rings. The Morgan fingerprint density at radius 3 is 1.23 bits per heavy atom. The van der Waals surface area contributed by atoms with Crippen molar-refractivity contribution in [3.05, 3.63) is 211 Å². The van der Waals surface area contributed by atoms with Gasteiger partial charge in [-0.2, -0.15) is 0 Å². The largest absolute Gasteiger partial charge is 0.256 e. The van der Waals surface area contributed by atoms with E-state index in [1.165, 1.54) is 44.5 Å². The van der Waals surface area contributed by atoms with Crippen LogP contribution in [0.4, 0.5) is 0 Å². The molecule has 0 amide bonds. The molecule has 250 valence electrons. The Labute approximate surface area is 306 Å². The molecule has 0 N–H and O–H groups in total. The molecular weight excluding hydrogens is 631 g/mol. The maximum Gasteiger partial charge on any atom is 0.0702 e. The van der Waals surface area contributed by atoms with E-state index in [1.54, 1.807) is 0 Å². The first-order valence-corrected chi connectivity index (χ1v) is 18.0. The van der Waals surface area contributed by atoms with Gasteiger partial charge in [0.1, 0.15) is 0 Å². The predicted octanol–water partition coefficient (Wildman–Crippen LogP) is 11.8. The van der Waals surface area contributed by atoms with Gasteiger partial charge in [0.05, 0.1) is 17.1 Å². The molecule has 0 radical (unpaired) electrons. The van der Waals surface area contributed by atoms with Crippen molar-refractivity contribution in [3.8, 4) is 56.0 Å². The van der Waals surface area contributed by atoms with E-state index in [2.05, 4.69) is 151 Å². The van der Waals surface area contributed by atoms with Gasteiger partial charge in [-0.05, 0) is 94.5 Å². The lowest BCUT2D eigenvalue weighted by molar-refractivity contribution is 0.923. The first-order valence-electron chi connectivity index (χ1n) is 18.0. The van der Waals surface area contributed by atoms with Crippen molar-refractivity contribution in [1.82, 2.24) is 15.0 Å². The highest BCUT2D eigenvalue weighted by molar-refractivity contribution is 5.84. The van der Waals surface area contributed by atoms with Crippen molar-refractivity contribution in [2.45, 2.75) is 25.7 Å². The first kappa shape index (κ1) is 32.7. The second kappa shape index (κ2) is 15.6. The molecule has 0 bridgehead atoms. The molecule has 8 rings (SSSR count). The molecule has 8 aromatic rings. The van der Waals surface area contributed by atoms with E-state index in [-0.39, 0.29) is 0 Å². The van der Waals surface area contributed by atoms with Crippen molar-refractivity contribution in [1.29, 1.82) is 0 Å². The number of hydrogen-bond donors (Lipinski definition) is 0. The number of hydrogen-bond acceptors (Lipinski definition) is 3. The van der Waals surface area contributed by atoms with E-state index >= 15 is 0 Å². The molecule has 0 aliphatic rings. The van der Waals surface area contributed by atoms with Crippen LogP contribution >= 0.6 is 0 Å². The highest BCUT2D eigenvalue weighted by atomic mass is 14.7. The molecule has 0 aliphatic heterocycles. The van der Waals surface area contributed by atoms with Gasteiger partial charge in [0.2, 0.25) is 0 Å². The number of aryl methyl sites for hydroxylation is 4. The lowest BCUT2D eigenvalue weighted by Crippen LogP contribution is -1.98. The summed E-state index contributed by atoms with van der Waals surface area (Å²) in [5.74, 6) is 0. The molecule has 0 saturated heterocycles. The Balaban J connectivity index is 1.07. The molecule has 3 aromatic heterocycles. The van der Waals surface area contributed by atoms with Crippen molar-refractivity contribution < 1.29 is 0 Å². The highest BCUT2D eigenvalue weighted by Gasteiger charge is 2.12. The van der Waals surface area contributed by atoms with E-state index in [0.29, 0.717) is 0 Å². The van der Waals surface area contributed by atoms with Crippen LogP contribution in [0.15, 0.2) is 188 Å². The van der Waals surface area contributed by atoms with E-state index in [9.17, 15) is 0 Å². The van der Waals surface area contributed by atoms with Gasteiger partial charge in [0.25, 0.3) is 0 Å². The summed E-state index contributed by atoms with van der Waals surface area (Å²) < 4.78 is 0. The normalized spacial score (nSPS) is 11.0. The van der Waals surface area contributed by atoms with Crippen LogP contribution < -0.4 is 0 Å². The fourth-order valence-electron chi connectivity index (χ4n) is 6.83. The number of nitrogens with zero attached hydrogens (tertiary/aromatic N) is 3. The first-order chi connectivity index (χ1) is 25.7. The summed E-state index contributed by atoms with van der Waals surface area (Å²) >= 11 is 0. The van der Waals surface area contributed by atoms with Crippen molar-refractivity contribution >= 4 is 0 Å². The summed E-state index contributed by atoms with van der Waals surface area (Å²) in [7, 11) is 0. The molecule has 0 atom stereocenters. The van der Waals surface area contributed by atoms with Gasteiger partial charge in [-0.3, -0.25) is 15.0 Å². The summed E-state index contributed by atoms with van der Waals surface area (Å²) in [4.78, 5) is 14.1. The third kappa shape index (κ3) is 7.80. The summed E-state index contributed by atoms with van der Waals surface area (Å²) in [6.07, 6.45) is 9.61. The Morgan fingerprint density at radius 1 is 0.288 bits per heavy atom. The number of rotatable bonds is 11. The molecule has 0 spiro atoms. The monoisotopic (exact) mass is 669 g/mol. The average Bonchev–Trinajstić information content (AvgIpc) is 3.23. The smallest absolute Gasteiger partial charge is 0.0702 e. The fraction of sp³-hybridized carbons (Fsp3) is 0.0816. The maximum atomic E-state index is 4.79. The van der Waals surface area contributed by atoms with Gasteiger partial charge in [-0.15, -0.1) is 0 Å². The van der Waals surface area contributed by atoms with E-state index in [1.807, 2.05) is 42.9 Å². The van der Waals surface area contributed by atoms with Gasteiger partial charge in [-0.1, -0.05) is 146 Å². The van der Waals surface area contributed by atoms with Crippen molar-refractivity contribution in [2.24, 2.45) is 0 Å². The quantitative estimate of drug-likeness (QED) is 0.138. The number of benzene rings is 5. The van der Waals surface area contributed by atoms with E-state index < -0.39 is 0 Å². The van der Waals surface area contributed by atoms with Gasteiger partial charge in [0, 0.05) is 35.3 Å². The van der Waals surface area contributed by atoms with E-state index in [4.69, 9.17) is 9.97 Å². The molecule has 0 saturated carbocycles. The van der Waals surface area contributed by atoms with Crippen LogP contribution in [0.2, 0.25) is 0 Å². The summed E-state index contributed by atoms with van der Waals surface area (Å²) in [5, 5.41) is 0. The molecule has 5 aromatic carbocycles. The van der Waals surface area contributed by atoms with Crippen LogP contribution in [0.1, 0.15) is 22.3 Å². The van der Waals surface area contributed by atoms with Crippen LogP contribution in [-0.2, 0) is 25.7 Å². The van der Waals surface area contributed by atoms with Crippen LogP contribution in [0.5, 0.6) is 0 Å². The lowest BCUT2D eigenvalue weighted by atomic mass is 9.90. The van der Waals surface area contributed by atoms with Gasteiger partial charge < -0.3 is 0 Å². The Kier molecular flexibility index (Phi) is 9.83. The van der Waals surface area contributed by atoms with E-state index in [0.717, 1.165) is 59.5 Å². The Bertz CT molecular complexity index is 2250. The average molecular weight is 670 g/mol. The summed E-state index contributed by atoms with van der Waals surface area (Å²) in [6, 6.07) is 60.2. The maximum absolute atomic E-state index is 4.79. The molecule has 3 heteroatoms. The standard InChI is InChI=1S/C49H39N3/c1-3-11-41(12-4-1)48-28-22-36(34-51-48)18-20-38-31-39(21-19-37-23-29-49(52-35-37)42-13-5-2-6-14-42)33-44(32-38)46-16-8-7-15-45(46)40-24-26-43(27-25-40)47-17-9-10-30-50-47/h1-17,22-35H,18-21H2. The lowest BCUT2D eigenvalue weighted by Gasteiger charge is -2.15. The minimum atomic E-state index is 0.923. The van der Waals surface area contributed by atoms with Crippen LogP contribution in [0.25, 0.3) is 56.0 Å². The van der Waals surface area contributed by atoms with Crippen molar-refractivity contribution in [2.75, 3.05) is 0 Å². The fourth-order valence-corrected chi connectivity index (χ4v) is 6.83. The van der Waals surface area contributed by atoms with Crippen LogP contribution in [-0.4, -0.2) is 15.0 Å². The number of aromatic nitrogens is 3. The number of pyridine rings is 3. The molecule has 3 heterocycles. The molecule has 52 heavy (non-hydrogen) atoms. The summed E-state index contributed by atoms with van der Waals surface area (Å²) in [6.45, 7) is 0. The second-order valence-electron chi connectivity index (χ2n) is 13.2. The minimum Gasteiger partial charge on any atom is -0.256 e. The second-order valence-corrected chi connectivity index (χ2v) is 13.2. The zero-order valence-corrected chi connectivity index (χ0v) is 29.1. The zero-order chi connectivity index (χ0) is 35.0. The SMILES string of the molecule is c1ccc(-c2ccc(CCc3cc(CCc4ccc(-c5ccccc5)nc4)cc(-c4ccccc4-c4ccc(-c5ccccn5)cc4)c3)cn2)cc1. The third-order valence-corrected chi connectivity index (χ3v) is 9.64. The zero-order valence-electron chi connectivity index (χ0n) is 29.1.